The van der Waals surface area contributed by atoms with Crippen molar-refractivity contribution in [3.8, 4) is 0 Å². The van der Waals surface area contributed by atoms with Crippen LogP contribution in [0.25, 0.3) is 0 Å². The van der Waals surface area contributed by atoms with Crippen LogP contribution in [0.5, 0.6) is 0 Å². The summed E-state index contributed by atoms with van der Waals surface area (Å²) in [4.78, 5) is 0. The summed E-state index contributed by atoms with van der Waals surface area (Å²) in [5, 5.41) is 18.9. The van der Waals surface area contributed by atoms with E-state index in [0.29, 0.717) is 11.4 Å². The first-order chi connectivity index (χ1) is 8.70. The Morgan fingerprint density at radius 1 is 1.05 bits per heavy atom. The van der Waals surface area contributed by atoms with E-state index in [9.17, 15) is 0 Å². The van der Waals surface area contributed by atoms with Crippen molar-refractivity contribution in [3.63, 3.8) is 0 Å². The minimum Gasteiger partial charge on any atom is -0.375 e. The molecule has 0 heterocycles. The van der Waals surface area contributed by atoms with E-state index < -0.39 is 0 Å². The molecule has 0 aliphatic heterocycles. The first-order valence-electron chi connectivity index (χ1n) is 5.37. The van der Waals surface area contributed by atoms with Gasteiger partial charge in [-0.2, -0.15) is 10.2 Å². The molecule has 9 heteroatoms. The summed E-state index contributed by atoms with van der Waals surface area (Å²) in [6, 6.07) is 0. The Labute approximate surface area is 123 Å². The van der Waals surface area contributed by atoms with Gasteiger partial charge in [0.1, 0.15) is 0 Å². The smallest absolute Gasteiger partial charge is 0.186 e. The lowest BCUT2D eigenvalue weighted by Gasteiger charge is -2.18. The Hall–Kier alpha value is -1.61. The Bertz CT molecular complexity index is 394. The molecule has 106 valence electrons. The van der Waals surface area contributed by atoms with Gasteiger partial charge in [-0.15, -0.1) is 0 Å². The predicted molar refractivity (Wildman–Crippen MR) is 87.6 cm³/mol. The number of rotatable bonds is 5. The van der Waals surface area contributed by atoms with E-state index in [1.807, 2.05) is 0 Å². The zero-order chi connectivity index (χ0) is 15.2. The van der Waals surface area contributed by atoms with E-state index in [1.165, 1.54) is 16.2 Å². The molecule has 0 amide bonds. The first-order valence-corrected chi connectivity index (χ1v) is 6.19. The minimum absolute atomic E-state index is 0.151. The zero-order valence-corrected chi connectivity index (χ0v) is 13.0. The summed E-state index contributed by atoms with van der Waals surface area (Å²) < 4.78 is 0. The van der Waals surface area contributed by atoms with Gasteiger partial charge in [-0.1, -0.05) is 0 Å². The fraction of sp³-hybridized carbons (Fsp3) is 0.500. The van der Waals surface area contributed by atoms with Crippen LogP contribution in [0.1, 0.15) is 13.8 Å². The molecular formula is C10H19N7S2. The van der Waals surface area contributed by atoms with E-state index in [0.717, 1.165) is 0 Å². The van der Waals surface area contributed by atoms with Crippen LogP contribution in [0.2, 0.25) is 0 Å². The molecule has 0 saturated carbocycles. The maximum absolute atomic E-state index is 7.47. The molecule has 0 spiro atoms. The summed E-state index contributed by atoms with van der Waals surface area (Å²) in [6.07, 6.45) is 1.23. The Morgan fingerprint density at radius 3 is 1.58 bits per heavy atom. The summed E-state index contributed by atoms with van der Waals surface area (Å²) in [5.74, 6) is -0.367. The van der Waals surface area contributed by atoms with Crippen molar-refractivity contribution in [2.24, 2.45) is 27.6 Å². The van der Waals surface area contributed by atoms with Gasteiger partial charge in [-0.3, -0.25) is 0 Å². The van der Waals surface area contributed by atoms with Crippen LogP contribution in [-0.2, 0) is 0 Å². The van der Waals surface area contributed by atoms with Gasteiger partial charge in [0, 0.05) is 31.7 Å². The molecule has 0 bridgehead atoms. The van der Waals surface area contributed by atoms with Crippen LogP contribution >= 0.6 is 24.4 Å². The summed E-state index contributed by atoms with van der Waals surface area (Å²) >= 11 is 9.59. The second kappa shape index (κ2) is 7.74. The van der Waals surface area contributed by atoms with Crippen LogP contribution in [0, 0.1) is 11.3 Å². The number of thiocarbonyl (C=S) groups is 2. The van der Waals surface area contributed by atoms with E-state index in [1.54, 1.807) is 27.9 Å². The summed E-state index contributed by atoms with van der Waals surface area (Å²) in [6.45, 7) is 3.54. The van der Waals surface area contributed by atoms with Crippen molar-refractivity contribution in [1.29, 1.82) is 5.41 Å². The van der Waals surface area contributed by atoms with Gasteiger partial charge in [0.15, 0.2) is 10.2 Å². The third-order valence-corrected chi connectivity index (χ3v) is 2.85. The molecular weight excluding hydrogens is 282 g/mol. The second-order valence-electron chi connectivity index (χ2n) is 3.85. The summed E-state index contributed by atoms with van der Waals surface area (Å²) in [5.41, 5.74) is 12.2. The van der Waals surface area contributed by atoms with Crippen molar-refractivity contribution in [2.75, 3.05) is 14.1 Å². The first kappa shape index (κ1) is 17.4. The lowest BCUT2D eigenvalue weighted by molar-refractivity contribution is 0.540. The number of nitrogens with one attached hydrogen (secondary N) is 1. The molecule has 0 aliphatic rings. The monoisotopic (exact) mass is 301 g/mol. The molecule has 0 aromatic carbocycles. The largest absolute Gasteiger partial charge is 0.375 e. The van der Waals surface area contributed by atoms with Gasteiger partial charge in [-0.05, 0) is 38.3 Å². The lowest BCUT2D eigenvalue weighted by Crippen LogP contribution is -2.33. The molecule has 0 aromatic heterocycles. The Morgan fingerprint density at radius 2 is 1.37 bits per heavy atom. The molecule has 0 atom stereocenters. The highest BCUT2D eigenvalue weighted by Crippen LogP contribution is 2.04. The highest BCUT2D eigenvalue weighted by Gasteiger charge is 2.15. The van der Waals surface area contributed by atoms with Crippen LogP contribution in [0.3, 0.4) is 0 Å². The van der Waals surface area contributed by atoms with E-state index in [4.69, 9.17) is 41.3 Å². The molecule has 0 unspecified atom stereocenters. The molecule has 0 aliphatic carbocycles. The van der Waals surface area contributed by atoms with Gasteiger partial charge in [-0.25, -0.2) is 10.0 Å². The highest BCUT2D eigenvalue weighted by molar-refractivity contribution is 7.80. The zero-order valence-electron chi connectivity index (χ0n) is 11.4. The van der Waals surface area contributed by atoms with Crippen LogP contribution in [0.15, 0.2) is 10.2 Å². The molecule has 0 fully saturated rings. The SMILES string of the molecule is CC(=NN(C)C(N)=S)C(C=N)C(C)=NN(C)C(N)=S. The maximum Gasteiger partial charge on any atom is 0.186 e. The predicted octanol–water partition coefficient (Wildman–Crippen LogP) is 0.355. The third kappa shape index (κ3) is 5.71. The number of hydrogen-bond donors (Lipinski definition) is 3. The lowest BCUT2D eigenvalue weighted by atomic mass is 10.0. The molecule has 0 aromatic rings. The molecule has 5 N–H and O–H groups in total. The second-order valence-corrected chi connectivity index (χ2v) is 4.69. The van der Waals surface area contributed by atoms with Crippen LogP contribution in [-0.4, -0.2) is 52.0 Å². The molecule has 0 saturated heterocycles. The number of nitrogens with two attached hydrogens (primary N) is 2. The van der Waals surface area contributed by atoms with Gasteiger partial charge in [0.05, 0.1) is 5.92 Å². The van der Waals surface area contributed by atoms with Crippen LogP contribution < -0.4 is 11.5 Å². The number of hydrogen-bond acceptors (Lipinski definition) is 5. The van der Waals surface area contributed by atoms with E-state index >= 15 is 0 Å². The molecule has 19 heavy (non-hydrogen) atoms. The van der Waals surface area contributed by atoms with E-state index in [2.05, 4.69) is 10.2 Å². The number of nitrogens with zero attached hydrogens (tertiary/aromatic N) is 4. The molecule has 0 radical (unpaired) electrons. The van der Waals surface area contributed by atoms with Crippen molar-refractivity contribution < 1.29 is 0 Å². The van der Waals surface area contributed by atoms with Gasteiger partial charge in [0.25, 0.3) is 0 Å². The van der Waals surface area contributed by atoms with E-state index in [-0.39, 0.29) is 16.1 Å². The van der Waals surface area contributed by atoms with Crippen LogP contribution in [0.4, 0.5) is 0 Å². The average Bonchev–Trinajstić information content (AvgIpc) is 2.29. The van der Waals surface area contributed by atoms with Crippen molar-refractivity contribution >= 4 is 52.3 Å². The van der Waals surface area contributed by atoms with Crippen molar-refractivity contribution in [2.45, 2.75) is 13.8 Å². The van der Waals surface area contributed by atoms with Gasteiger partial charge >= 0.3 is 0 Å². The average molecular weight is 301 g/mol. The third-order valence-electron chi connectivity index (χ3n) is 2.32. The normalized spacial score (nSPS) is 13.7. The van der Waals surface area contributed by atoms with Gasteiger partial charge < -0.3 is 16.9 Å². The summed E-state index contributed by atoms with van der Waals surface area (Å²) in [7, 11) is 3.28. The van der Waals surface area contributed by atoms with Gasteiger partial charge in [0.2, 0.25) is 0 Å². The fourth-order valence-corrected chi connectivity index (χ4v) is 1.32. The quantitative estimate of drug-likeness (QED) is 0.384. The molecule has 7 nitrogen and oxygen atoms in total. The topological polar surface area (TPSA) is 107 Å². The Balaban J connectivity index is 5.16. The standard InChI is InChI=1S/C10H19N7S2/c1-6(14-16(3)9(12)18)8(5-11)7(2)15-17(4)10(13)19/h5,8,11H,1-4H3,(H2,12,18)(H2,13,19). The minimum atomic E-state index is -0.367. The van der Waals surface area contributed by atoms with Crippen molar-refractivity contribution in [3.05, 3.63) is 0 Å². The Kier molecular flexibility index (Phi) is 7.09. The maximum atomic E-state index is 7.47. The van der Waals surface area contributed by atoms with Crippen molar-refractivity contribution in [1.82, 2.24) is 10.0 Å². The fourth-order valence-electron chi connectivity index (χ4n) is 1.24. The highest BCUT2D eigenvalue weighted by atomic mass is 32.1. The molecule has 0 rings (SSSR count). The number of hydrazone groups is 2.